The van der Waals surface area contributed by atoms with Crippen LogP contribution in [0.3, 0.4) is 0 Å². The molecule has 4 rings (SSSR count). The maximum absolute atomic E-state index is 13.5. The van der Waals surface area contributed by atoms with E-state index < -0.39 is 10.0 Å². The summed E-state index contributed by atoms with van der Waals surface area (Å²) in [6, 6.07) is 17.4. The van der Waals surface area contributed by atoms with Crippen LogP contribution in [-0.4, -0.2) is 69.8 Å². The molecule has 3 aromatic rings. The summed E-state index contributed by atoms with van der Waals surface area (Å²) in [4.78, 5) is 29.2. The fraction of sp³-hybridized carbons (Fsp3) is 0.357. The lowest BCUT2D eigenvalue weighted by Gasteiger charge is -2.37. The molecule has 37 heavy (non-hydrogen) atoms. The summed E-state index contributed by atoms with van der Waals surface area (Å²) in [6.07, 6.45) is 0.544. The second kappa shape index (κ2) is 11.0. The molecular weight excluding hydrogens is 488 g/mol. The Morgan fingerprint density at radius 3 is 2.41 bits per heavy atom. The van der Waals surface area contributed by atoms with Gasteiger partial charge in [0.15, 0.2) is 0 Å². The molecule has 1 aliphatic heterocycles. The Bertz CT molecular complexity index is 1420. The van der Waals surface area contributed by atoms with Crippen molar-refractivity contribution in [3.8, 4) is 0 Å². The van der Waals surface area contributed by atoms with Gasteiger partial charge < -0.3 is 15.1 Å². The quantitative estimate of drug-likeness (QED) is 0.495. The van der Waals surface area contributed by atoms with Crippen molar-refractivity contribution in [1.29, 1.82) is 0 Å². The average Bonchev–Trinajstić information content (AvgIpc) is 2.84. The Hall–Kier alpha value is -3.27. The number of rotatable bonds is 7. The molecule has 9 heteroatoms. The molecule has 8 nitrogen and oxygen atoms in total. The van der Waals surface area contributed by atoms with Gasteiger partial charge in [0.25, 0.3) is 5.91 Å². The highest BCUT2D eigenvalue weighted by Gasteiger charge is 2.32. The monoisotopic (exact) mass is 522 g/mol. The van der Waals surface area contributed by atoms with E-state index in [1.807, 2.05) is 51.0 Å². The number of carbonyl (C=O) groups is 2. The van der Waals surface area contributed by atoms with E-state index >= 15 is 0 Å². The van der Waals surface area contributed by atoms with Crippen LogP contribution in [0.15, 0.2) is 65.6 Å². The van der Waals surface area contributed by atoms with Gasteiger partial charge in [-0.05, 0) is 57.1 Å². The normalized spacial score (nSPS) is 18.2. The molecule has 0 spiro atoms. The Labute approximate surface area is 218 Å². The summed E-state index contributed by atoms with van der Waals surface area (Å²) >= 11 is 0. The van der Waals surface area contributed by atoms with Crippen molar-refractivity contribution in [3.63, 3.8) is 0 Å². The van der Waals surface area contributed by atoms with E-state index in [1.54, 1.807) is 47.4 Å². The predicted molar refractivity (Wildman–Crippen MR) is 146 cm³/mol. The third kappa shape index (κ3) is 6.01. The molecule has 0 radical (unpaired) electrons. The fourth-order valence-electron chi connectivity index (χ4n) is 4.82. The number of aryl methyl sites for hydroxylation is 1. The topological polar surface area (TPSA) is 98.8 Å². The van der Waals surface area contributed by atoms with Gasteiger partial charge in [0.1, 0.15) is 0 Å². The first-order chi connectivity index (χ1) is 17.6. The third-order valence-electron chi connectivity index (χ3n) is 6.83. The number of nitrogens with zero attached hydrogens (tertiary/aromatic N) is 2. The average molecular weight is 523 g/mol. The van der Waals surface area contributed by atoms with Crippen molar-refractivity contribution >= 4 is 38.3 Å². The maximum atomic E-state index is 13.5. The number of sulfonamides is 1. The summed E-state index contributed by atoms with van der Waals surface area (Å²) in [5, 5.41) is 4.12. The second-order valence-electron chi connectivity index (χ2n) is 10.00. The van der Waals surface area contributed by atoms with Gasteiger partial charge in [-0.25, -0.2) is 13.1 Å². The molecule has 0 aromatic heterocycles. The highest BCUT2D eigenvalue weighted by Crippen LogP contribution is 2.30. The number of nitrogens with one attached hydrogen (secondary N) is 2. The summed E-state index contributed by atoms with van der Waals surface area (Å²) in [6.45, 7) is 5.18. The van der Waals surface area contributed by atoms with Crippen LogP contribution in [0.25, 0.3) is 10.8 Å². The number of likely N-dealkylation sites (N-methyl/N-ethyl adjacent to an activating group) is 1. The second-order valence-corrected chi connectivity index (χ2v) is 11.7. The van der Waals surface area contributed by atoms with Gasteiger partial charge in [-0.3, -0.25) is 9.59 Å². The van der Waals surface area contributed by atoms with Crippen LogP contribution >= 0.6 is 0 Å². The van der Waals surface area contributed by atoms with Crippen molar-refractivity contribution in [3.05, 3.63) is 71.8 Å². The minimum Gasteiger partial charge on any atom is -0.341 e. The van der Waals surface area contributed by atoms with Crippen LogP contribution in [0.2, 0.25) is 0 Å². The molecule has 1 fully saturated rings. The van der Waals surface area contributed by atoms with Crippen molar-refractivity contribution in [2.45, 2.75) is 31.2 Å². The number of fused-ring (bicyclic) bond motifs is 1. The first-order valence-electron chi connectivity index (χ1n) is 12.4. The fourth-order valence-corrected chi connectivity index (χ4v) is 6.42. The highest BCUT2D eigenvalue weighted by atomic mass is 32.2. The van der Waals surface area contributed by atoms with E-state index in [9.17, 15) is 18.0 Å². The first kappa shape index (κ1) is 26.8. The van der Waals surface area contributed by atoms with E-state index in [1.165, 1.54) is 0 Å². The zero-order valence-electron chi connectivity index (χ0n) is 21.7. The first-order valence-corrected chi connectivity index (χ1v) is 13.9. The van der Waals surface area contributed by atoms with Crippen molar-refractivity contribution in [2.75, 3.05) is 39.0 Å². The highest BCUT2D eigenvalue weighted by molar-refractivity contribution is 7.89. The number of amides is 2. The van der Waals surface area contributed by atoms with E-state index in [0.717, 1.165) is 5.56 Å². The maximum Gasteiger partial charge on any atom is 0.255 e. The van der Waals surface area contributed by atoms with Gasteiger partial charge in [-0.15, -0.1) is 0 Å². The van der Waals surface area contributed by atoms with Crippen molar-refractivity contribution in [2.24, 2.45) is 5.92 Å². The number of hydrogen-bond acceptors (Lipinski definition) is 5. The number of anilines is 1. The van der Waals surface area contributed by atoms with E-state index in [0.29, 0.717) is 48.1 Å². The lowest BCUT2D eigenvalue weighted by atomic mass is 9.95. The Balaban J connectivity index is 1.55. The summed E-state index contributed by atoms with van der Waals surface area (Å²) < 4.78 is 30.0. The minimum atomic E-state index is -3.85. The molecule has 0 bridgehead atoms. The molecule has 196 valence electrons. The molecule has 2 N–H and O–H groups in total. The largest absolute Gasteiger partial charge is 0.341 e. The zero-order chi connectivity index (χ0) is 26.7. The minimum absolute atomic E-state index is 0.0337. The van der Waals surface area contributed by atoms with Crippen LogP contribution in [0.1, 0.15) is 29.3 Å². The van der Waals surface area contributed by atoms with E-state index in [2.05, 4.69) is 10.0 Å². The van der Waals surface area contributed by atoms with Crippen LogP contribution < -0.4 is 10.0 Å². The molecule has 0 unspecified atom stereocenters. The molecule has 0 aliphatic carbocycles. The summed E-state index contributed by atoms with van der Waals surface area (Å²) in [7, 11) is -0.148. The van der Waals surface area contributed by atoms with Crippen LogP contribution in [0.5, 0.6) is 0 Å². The number of benzene rings is 3. The number of carbonyl (C=O) groups excluding carboxylic acids is 2. The molecule has 2 amide bonds. The van der Waals surface area contributed by atoms with Gasteiger partial charge >= 0.3 is 0 Å². The Morgan fingerprint density at radius 2 is 1.70 bits per heavy atom. The van der Waals surface area contributed by atoms with Gasteiger partial charge in [0, 0.05) is 41.2 Å². The predicted octanol–water partition coefficient (Wildman–Crippen LogP) is 3.48. The number of piperidine rings is 1. The van der Waals surface area contributed by atoms with E-state index in [4.69, 9.17) is 0 Å². The summed E-state index contributed by atoms with van der Waals surface area (Å²) in [5.41, 5.74) is 1.97. The zero-order valence-corrected chi connectivity index (χ0v) is 22.5. The van der Waals surface area contributed by atoms with Gasteiger partial charge in [-0.2, -0.15) is 0 Å². The number of hydrogen-bond donors (Lipinski definition) is 2. The molecule has 2 atom stereocenters. The van der Waals surface area contributed by atoms with Gasteiger partial charge in [0.2, 0.25) is 15.9 Å². The van der Waals surface area contributed by atoms with Crippen LogP contribution in [-0.2, 0) is 14.8 Å². The summed E-state index contributed by atoms with van der Waals surface area (Å²) in [5.74, 6) is -0.234. The Kier molecular flexibility index (Phi) is 7.96. The van der Waals surface area contributed by atoms with Crippen molar-refractivity contribution < 1.29 is 18.0 Å². The molecule has 3 aromatic carbocycles. The van der Waals surface area contributed by atoms with E-state index in [-0.39, 0.29) is 28.7 Å². The molecule has 1 aliphatic rings. The molecular formula is C28H34N4O4S. The molecule has 0 saturated carbocycles. The van der Waals surface area contributed by atoms with Crippen LogP contribution in [0, 0.1) is 12.8 Å². The SMILES string of the molecule is Cc1ccccc1C(=O)Nc1cccc2c(S(=O)(=O)N[C@@H]3CCN(C(=O)CN(C)C)C[C@@H]3C)cccc12. The standard InChI is InChI=1S/C28H34N4O4S/c1-19-9-5-6-10-21(19)28(34)29-25-13-7-12-23-22(25)11-8-14-26(23)37(35,36)30-24-15-16-32(17-20(24)2)27(33)18-31(3)4/h5-14,20,24,30H,15-18H2,1-4H3,(H,29,34)/t20-,24+/m0/s1. The third-order valence-corrected chi connectivity index (χ3v) is 8.37. The molecule has 1 heterocycles. The molecule has 1 saturated heterocycles. The smallest absolute Gasteiger partial charge is 0.255 e. The number of likely N-dealkylation sites (tertiary alicyclic amines) is 1. The Morgan fingerprint density at radius 1 is 1.00 bits per heavy atom. The lowest BCUT2D eigenvalue weighted by Crippen LogP contribution is -2.52. The van der Waals surface area contributed by atoms with Gasteiger partial charge in [0.05, 0.1) is 11.4 Å². The van der Waals surface area contributed by atoms with Crippen molar-refractivity contribution in [1.82, 2.24) is 14.5 Å². The lowest BCUT2D eigenvalue weighted by molar-refractivity contribution is -0.133. The van der Waals surface area contributed by atoms with Crippen LogP contribution in [0.4, 0.5) is 5.69 Å². The van der Waals surface area contributed by atoms with Gasteiger partial charge in [-0.1, -0.05) is 49.4 Å².